The summed E-state index contributed by atoms with van der Waals surface area (Å²) >= 11 is 0. The van der Waals surface area contributed by atoms with E-state index in [2.05, 4.69) is 4.72 Å². The van der Waals surface area contributed by atoms with Crippen LogP contribution in [0, 0.1) is 13.8 Å². The summed E-state index contributed by atoms with van der Waals surface area (Å²) in [6, 6.07) is 11.9. The summed E-state index contributed by atoms with van der Waals surface area (Å²) in [5.74, 6) is -0.0574. The molecule has 1 aliphatic rings. The number of benzene rings is 2. The summed E-state index contributed by atoms with van der Waals surface area (Å²) in [6.07, 6.45) is 5.62. The number of anilines is 1. The quantitative estimate of drug-likeness (QED) is 0.803. The minimum Gasteiger partial charge on any atom is -0.339 e. The fourth-order valence-electron chi connectivity index (χ4n) is 3.63. The van der Waals surface area contributed by atoms with Gasteiger partial charge in [0.25, 0.3) is 15.9 Å². The Morgan fingerprint density at radius 2 is 1.61 bits per heavy atom. The van der Waals surface area contributed by atoms with E-state index < -0.39 is 10.0 Å². The third kappa shape index (κ3) is 4.55. The van der Waals surface area contributed by atoms with E-state index in [0.29, 0.717) is 11.3 Å². The number of carbonyl (C=O) groups excluding carboxylic acids is 1. The number of sulfonamides is 1. The van der Waals surface area contributed by atoms with Crippen LogP contribution in [0.1, 0.15) is 53.6 Å². The van der Waals surface area contributed by atoms with Crippen LogP contribution < -0.4 is 4.72 Å². The van der Waals surface area contributed by atoms with Crippen molar-refractivity contribution in [1.82, 2.24) is 4.90 Å². The summed E-state index contributed by atoms with van der Waals surface area (Å²) in [5, 5.41) is 0. The highest BCUT2D eigenvalue weighted by Gasteiger charge is 2.23. The lowest BCUT2D eigenvalue weighted by atomic mass is 9.94. The molecule has 0 bridgehead atoms. The smallest absolute Gasteiger partial charge is 0.261 e. The molecule has 1 saturated carbocycles. The Morgan fingerprint density at radius 1 is 0.964 bits per heavy atom. The molecule has 0 saturated heterocycles. The number of rotatable bonds is 5. The second kappa shape index (κ2) is 8.35. The van der Waals surface area contributed by atoms with Gasteiger partial charge in [0.1, 0.15) is 0 Å². The monoisotopic (exact) mass is 400 g/mol. The van der Waals surface area contributed by atoms with E-state index >= 15 is 0 Å². The standard InChI is InChI=1S/C22H28N2O3S/c1-16-9-12-19(15-17(16)2)23-28(26,27)21-13-10-18(11-14-21)22(25)24(3)20-7-5-4-6-8-20/h9-15,20,23H,4-8H2,1-3H3. The molecule has 0 atom stereocenters. The van der Waals surface area contributed by atoms with Gasteiger partial charge < -0.3 is 4.90 Å². The summed E-state index contributed by atoms with van der Waals surface area (Å²) in [7, 11) is -1.86. The molecule has 3 rings (SSSR count). The van der Waals surface area contributed by atoms with Crippen molar-refractivity contribution in [3.8, 4) is 0 Å². The average Bonchev–Trinajstić information content (AvgIpc) is 2.70. The van der Waals surface area contributed by atoms with Crippen molar-refractivity contribution < 1.29 is 13.2 Å². The molecule has 2 aromatic carbocycles. The number of amides is 1. The van der Waals surface area contributed by atoms with Crippen LogP contribution in [0.25, 0.3) is 0 Å². The minimum atomic E-state index is -3.70. The first-order valence-corrected chi connectivity index (χ1v) is 11.2. The average molecular weight is 401 g/mol. The first-order valence-electron chi connectivity index (χ1n) is 9.75. The molecule has 1 aliphatic carbocycles. The second-order valence-corrected chi connectivity index (χ2v) is 9.32. The molecular formula is C22H28N2O3S. The molecule has 1 fully saturated rings. The van der Waals surface area contributed by atoms with Gasteiger partial charge in [0.2, 0.25) is 0 Å². The van der Waals surface area contributed by atoms with Gasteiger partial charge in [-0.1, -0.05) is 25.3 Å². The molecule has 28 heavy (non-hydrogen) atoms. The maximum atomic E-state index is 12.7. The van der Waals surface area contributed by atoms with Crippen molar-refractivity contribution in [2.24, 2.45) is 0 Å². The molecule has 1 N–H and O–H groups in total. The second-order valence-electron chi connectivity index (χ2n) is 7.64. The highest BCUT2D eigenvalue weighted by molar-refractivity contribution is 7.92. The number of hydrogen-bond acceptors (Lipinski definition) is 3. The Bertz CT molecular complexity index is 946. The van der Waals surface area contributed by atoms with Gasteiger partial charge in [-0.3, -0.25) is 9.52 Å². The Balaban J connectivity index is 1.73. The van der Waals surface area contributed by atoms with E-state index in [-0.39, 0.29) is 16.8 Å². The van der Waals surface area contributed by atoms with Crippen LogP contribution in [-0.4, -0.2) is 32.3 Å². The van der Waals surface area contributed by atoms with Gasteiger partial charge in [0.15, 0.2) is 0 Å². The predicted molar refractivity (Wildman–Crippen MR) is 112 cm³/mol. The third-order valence-electron chi connectivity index (χ3n) is 5.61. The van der Waals surface area contributed by atoms with Gasteiger partial charge in [-0.05, 0) is 74.2 Å². The highest BCUT2D eigenvalue weighted by atomic mass is 32.2. The van der Waals surface area contributed by atoms with Gasteiger partial charge in [-0.15, -0.1) is 0 Å². The van der Waals surface area contributed by atoms with Crippen LogP contribution >= 0.6 is 0 Å². The minimum absolute atomic E-state index is 0.0574. The number of nitrogens with one attached hydrogen (secondary N) is 1. The van der Waals surface area contributed by atoms with Gasteiger partial charge in [-0.2, -0.15) is 0 Å². The molecule has 150 valence electrons. The Kier molecular flexibility index (Phi) is 6.08. The fraction of sp³-hybridized carbons (Fsp3) is 0.409. The highest BCUT2D eigenvalue weighted by Crippen LogP contribution is 2.24. The lowest BCUT2D eigenvalue weighted by Crippen LogP contribution is -2.38. The maximum absolute atomic E-state index is 12.7. The van der Waals surface area contributed by atoms with Crippen molar-refractivity contribution in [3.63, 3.8) is 0 Å². The Labute approximate surface area is 167 Å². The molecule has 0 heterocycles. The van der Waals surface area contributed by atoms with Crippen LogP contribution in [0.2, 0.25) is 0 Å². The van der Waals surface area contributed by atoms with Gasteiger partial charge in [0.05, 0.1) is 4.90 Å². The van der Waals surface area contributed by atoms with Crippen molar-refractivity contribution in [2.45, 2.75) is 56.9 Å². The SMILES string of the molecule is Cc1ccc(NS(=O)(=O)c2ccc(C(=O)N(C)C3CCCCC3)cc2)cc1C. The van der Waals surface area contributed by atoms with E-state index in [1.165, 1.54) is 18.6 Å². The molecule has 0 aromatic heterocycles. The zero-order valence-electron chi connectivity index (χ0n) is 16.7. The normalized spacial score (nSPS) is 15.2. The molecule has 6 heteroatoms. The van der Waals surface area contributed by atoms with Crippen LogP contribution in [-0.2, 0) is 10.0 Å². The first-order chi connectivity index (χ1) is 13.3. The van der Waals surface area contributed by atoms with E-state index in [1.54, 1.807) is 23.1 Å². The van der Waals surface area contributed by atoms with Gasteiger partial charge in [-0.25, -0.2) is 8.42 Å². The largest absolute Gasteiger partial charge is 0.339 e. The van der Waals surface area contributed by atoms with Crippen molar-refractivity contribution in [2.75, 3.05) is 11.8 Å². The van der Waals surface area contributed by atoms with E-state index in [9.17, 15) is 13.2 Å². The third-order valence-corrected chi connectivity index (χ3v) is 7.01. The molecule has 1 amide bonds. The van der Waals surface area contributed by atoms with Gasteiger partial charge in [0, 0.05) is 24.3 Å². The van der Waals surface area contributed by atoms with E-state index in [1.807, 2.05) is 33.0 Å². The zero-order chi connectivity index (χ0) is 20.3. The molecule has 2 aromatic rings. The van der Waals surface area contributed by atoms with Crippen LogP contribution in [0.5, 0.6) is 0 Å². The molecule has 5 nitrogen and oxygen atoms in total. The van der Waals surface area contributed by atoms with E-state index in [4.69, 9.17) is 0 Å². The first kappa shape index (κ1) is 20.4. The number of carbonyl (C=O) groups is 1. The molecule has 0 spiro atoms. The lowest BCUT2D eigenvalue weighted by Gasteiger charge is -2.31. The number of nitrogens with zero attached hydrogens (tertiary/aromatic N) is 1. The Hall–Kier alpha value is -2.34. The maximum Gasteiger partial charge on any atom is 0.261 e. The lowest BCUT2D eigenvalue weighted by molar-refractivity contribution is 0.0696. The molecular weight excluding hydrogens is 372 g/mol. The summed E-state index contributed by atoms with van der Waals surface area (Å²) < 4.78 is 27.9. The predicted octanol–water partition coefficient (Wildman–Crippen LogP) is 4.51. The number of aryl methyl sites for hydroxylation is 2. The van der Waals surface area contributed by atoms with Gasteiger partial charge >= 0.3 is 0 Å². The van der Waals surface area contributed by atoms with E-state index in [0.717, 1.165) is 36.8 Å². The molecule has 0 unspecified atom stereocenters. The van der Waals surface area contributed by atoms with Crippen LogP contribution in [0.4, 0.5) is 5.69 Å². The Morgan fingerprint density at radius 3 is 2.21 bits per heavy atom. The summed E-state index contributed by atoms with van der Waals surface area (Å²) in [5.41, 5.74) is 3.17. The number of hydrogen-bond donors (Lipinski definition) is 1. The topological polar surface area (TPSA) is 66.5 Å². The zero-order valence-corrected chi connectivity index (χ0v) is 17.6. The van der Waals surface area contributed by atoms with Crippen molar-refractivity contribution in [3.05, 3.63) is 59.2 Å². The fourth-order valence-corrected chi connectivity index (χ4v) is 4.68. The summed E-state index contributed by atoms with van der Waals surface area (Å²) in [4.78, 5) is 14.7. The van der Waals surface area contributed by atoms with Crippen molar-refractivity contribution in [1.29, 1.82) is 0 Å². The van der Waals surface area contributed by atoms with Crippen LogP contribution in [0.3, 0.4) is 0 Å². The molecule has 0 radical (unpaired) electrons. The van der Waals surface area contributed by atoms with Crippen molar-refractivity contribution >= 4 is 21.6 Å². The molecule has 0 aliphatic heterocycles. The summed E-state index contributed by atoms with van der Waals surface area (Å²) in [6.45, 7) is 3.92. The van der Waals surface area contributed by atoms with Crippen LogP contribution in [0.15, 0.2) is 47.4 Å².